The largest absolute Gasteiger partial charge is 0.318 e. The first-order chi connectivity index (χ1) is 4.92. The molecule has 0 aromatic carbocycles. The molecule has 0 aliphatic rings. The van der Waals surface area contributed by atoms with E-state index >= 15 is 0 Å². The Morgan fingerprint density at radius 3 is 3.30 bits per heavy atom. The number of fused-ring (bicyclic) bond motifs is 1. The Balaban J connectivity index is 2.76. The summed E-state index contributed by atoms with van der Waals surface area (Å²) >= 11 is 5.16. The van der Waals surface area contributed by atoms with E-state index in [0.29, 0.717) is 0 Å². The lowest BCUT2D eigenvalue weighted by molar-refractivity contribution is 1.44. The molecule has 0 spiro atoms. The SMILES string of the molecule is INc1snc2ncsc12. The van der Waals surface area contributed by atoms with Gasteiger partial charge in [-0.15, -0.1) is 11.3 Å². The molecule has 2 heterocycles. The van der Waals surface area contributed by atoms with Crippen molar-refractivity contribution >= 4 is 61.1 Å². The van der Waals surface area contributed by atoms with Crippen molar-refractivity contribution in [3.8, 4) is 0 Å². The van der Waals surface area contributed by atoms with Gasteiger partial charge in [0.15, 0.2) is 5.65 Å². The average Bonchev–Trinajstić information content (AvgIpc) is 2.44. The van der Waals surface area contributed by atoms with Gasteiger partial charge in [-0.3, -0.25) is 0 Å². The maximum absolute atomic E-state index is 4.12. The summed E-state index contributed by atoms with van der Waals surface area (Å²) in [5.74, 6) is 0. The molecule has 0 amide bonds. The van der Waals surface area contributed by atoms with Crippen molar-refractivity contribution < 1.29 is 0 Å². The first-order valence-electron chi connectivity index (χ1n) is 2.47. The molecule has 0 aliphatic carbocycles. The molecular weight excluding hydrogens is 281 g/mol. The Morgan fingerprint density at radius 1 is 1.60 bits per heavy atom. The molecule has 52 valence electrons. The molecule has 0 bridgehead atoms. The minimum Gasteiger partial charge on any atom is -0.318 e. The lowest BCUT2D eigenvalue weighted by atomic mass is 10.6. The highest BCUT2D eigenvalue weighted by molar-refractivity contribution is 14.1. The van der Waals surface area contributed by atoms with Crippen LogP contribution in [-0.4, -0.2) is 9.36 Å². The standard InChI is InChI=1S/C4H2IN3S2/c5-7-4-2-3(8-10-4)6-1-9-2/h1,7H. The van der Waals surface area contributed by atoms with Crippen molar-refractivity contribution in [3.05, 3.63) is 5.51 Å². The fraction of sp³-hybridized carbons (Fsp3) is 0. The molecule has 0 aliphatic heterocycles. The van der Waals surface area contributed by atoms with Crippen LogP contribution in [0.2, 0.25) is 0 Å². The van der Waals surface area contributed by atoms with Gasteiger partial charge in [-0.25, -0.2) is 4.98 Å². The number of thiazole rings is 1. The van der Waals surface area contributed by atoms with Crippen molar-refractivity contribution in [3.63, 3.8) is 0 Å². The van der Waals surface area contributed by atoms with Crippen LogP contribution in [0.5, 0.6) is 0 Å². The highest BCUT2D eigenvalue weighted by Crippen LogP contribution is 2.30. The highest BCUT2D eigenvalue weighted by atomic mass is 127. The Bertz CT molecular complexity index is 341. The number of rotatable bonds is 1. The van der Waals surface area contributed by atoms with Gasteiger partial charge in [0.05, 0.1) is 28.4 Å². The van der Waals surface area contributed by atoms with Gasteiger partial charge in [0.2, 0.25) is 0 Å². The zero-order valence-corrected chi connectivity index (χ0v) is 8.46. The molecular formula is C4H2IN3S2. The van der Waals surface area contributed by atoms with Crippen LogP contribution in [0.3, 0.4) is 0 Å². The maximum Gasteiger partial charge on any atom is 0.185 e. The van der Waals surface area contributed by atoms with E-state index in [2.05, 4.69) is 35.8 Å². The van der Waals surface area contributed by atoms with Crippen LogP contribution in [0.1, 0.15) is 0 Å². The third-order valence-electron chi connectivity index (χ3n) is 1.06. The molecule has 6 heteroatoms. The van der Waals surface area contributed by atoms with Crippen molar-refractivity contribution in [2.45, 2.75) is 0 Å². The van der Waals surface area contributed by atoms with E-state index in [1.807, 2.05) is 5.51 Å². The minimum absolute atomic E-state index is 0.856. The second-order valence-corrected chi connectivity index (χ2v) is 3.78. The minimum atomic E-state index is 0.856. The Labute approximate surface area is 79.1 Å². The zero-order chi connectivity index (χ0) is 6.97. The lowest BCUT2D eigenvalue weighted by Crippen LogP contribution is -1.67. The third kappa shape index (κ3) is 0.903. The van der Waals surface area contributed by atoms with E-state index in [-0.39, 0.29) is 0 Å². The van der Waals surface area contributed by atoms with Gasteiger partial charge in [0.1, 0.15) is 9.70 Å². The summed E-state index contributed by atoms with van der Waals surface area (Å²) in [4.78, 5) is 4.06. The monoisotopic (exact) mass is 283 g/mol. The van der Waals surface area contributed by atoms with Crippen LogP contribution in [0.4, 0.5) is 5.00 Å². The van der Waals surface area contributed by atoms with Crippen LogP contribution in [0.15, 0.2) is 5.51 Å². The molecule has 2 rings (SSSR count). The van der Waals surface area contributed by atoms with Crippen LogP contribution in [0, 0.1) is 0 Å². The Morgan fingerprint density at radius 2 is 2.50 bits per heavy atom. The van der Waals surface area contributed by atoms with Gasteiger partial charge in [0, 0.05) is 0 Å². The summed E-state index contributed by atoms with van der Waals surface area (Å²) in [5.41, 5.74) is 2.66. The molecule has 0 fully saturated rings. The van der Waals surface area contributed by atoms with Crippen molar-refractivity contribution in [1.82, 2.24) is 9.36 Å². The first kappa shape index (κ1) is 6.74. The highest BCUT2D eigenvalue weighted by Gasteiger charge is 2.05. The van der Waals surface area contributed by atoms with Crippen molar-refractivity contribution in [2.24, 2.45) is 0 Å². The molecule has 0 saturated carbocycles. The summed E-state index contributed by atoms with van der Waals surface area (Å²) in [6, 6.07) is 0. The lowest BCUT2D eigenvalue weighted by Gasteiger charge is -1.84. The molecule has 2 aromatic rings. The van der Waals surface area contributed by atoms with Gasteiger partial charge < -0.3 is 3.53 Å². The quantitative estimate of drug-likeness (QED) is 0.645. The zero-order valence-electron chi connectivity index (χ0n) is 4.67. The third-order valence-corrected chi connectivity index (χ3v) is 3.68. The second kappa shape index (κ2) is 2.59. The van der Waals surface area contributed by atoms with E-state index in [9.17, 15) is 0 Å². The molecule has 0 unspecified atom stereocenters. The van der Waals surface area contributed by atoms with Crippen LogP contribution in [0.25, 0.3) is 10.3 Å². The topological polar surface area (TPSA) is 37.8 Å². The molecule has 2 aromatic heterocycles. The predicted octanol–water partition coefficient (Wildman–Crippen LogP) is 2.51. The average molecular weight is 283 g/mol. The predicted molar refractivity (Wildman–Crippen MR) is 52.9 cm³/mol. The van der Waals surface area contributed by atoms with E-state index in [1.165, 1.54) is 11.5 Å². The first-order valence-corrected chi connectivity index (χ1v) is 5.20. The molecule has 1 N–H and O–H groups in total. The number of nitrogens with one attached hydrogen (secondary N) is 1. The van der Waals surface area contributed by atoms with E-state index < -0.39 is 0 Å². The van der Waals surface area contributed by atoms with Crippen LogP contribution < -0.4 is 3.53 Å². The number of aromatic nitrogens is 2. The maximum atomic E-state index is 4.12. The fourth-order valence-electron chi connectivity index (χ4n) is 0.651. The van der Waals surface area contributed by atoms with E-state index in [4.69, 9.17) is 0 Å². The van der Waals surface area contributed by atoms with E-state index in [1.54, 1.807) is 11.3 Å². The van der Waals surface area contributed by atoms with Gasteiger partial charge in [-0.2, -0.15) is 4.37 Å². The number of hydrogen-bond donors (Lipinski definition) is 1. The number of halogens is 1. The number of nitrogens with zero attached hydrogens (tertiary/aromatic N) is 2. The van der Waals surface area contributed by atoms with Crippen molar-refractivity contribution in [2.75, 3.05) is 3.53 Å². The van der Waals surface area contributed by atoms with Gasteiger partial charge in [-0.05, 0) is 11.5 Å². The van der Waals surface area contributed by atoms with Gasteiger partial charge in [-0.1, -0.05) is 0 Å². The van der Waals surface area contributed by atoms with Crippen LogP contribution in [-0.2, 0) is 0 Å². The fourth-order valence-corrected chi connectivity index (χ4v) is 2.86. The van der Waals surface area contributed by atoms with E-state index in [0.717, 1.165) is 15.3 Å². The summed E-state index contributed by atoms with van der Waals surface area (Å²) < 4.78 is 8.31. The van der Waals surface area contributed by atoms with Crippen molar-refractivity contribution in [1.29, 1.82) is 0 Å². The molecule has 3 nitrogen and oxygen atoms in total. The Kier molecular flexibility index (Phi) is 1.75. The molecule has 0 radical (unpaired) electrons. The Hall–Kier alpha value is 0.0500. The number of hydrogen-bond acceptors (Lipinski definition) is 5. The van der Waals surface area contributed by atoms with Gasteiger partial charge >= 0.3 is 0 Å². The van der Waals surface area contributed by atoms with Gasteiger partial charge in [0.25, 0.3) is 0 Å². The molecule has 0 atom stereocenters. The molecule has 10 heavy (non-hydrogen) atoms. The number of anilines is 1. The smallest absolute Gasteiger partial charge is 0.185 e. The summed E-state index contributed by atoms with van der Waals surface area (Å²) in [5, 5.41) is 1.10. The second-order valence-electron chi connectivity index (χ2n) is 1.61. The summed E-state index contributed by atoms with van der Waals surface area (Å²) in [7, 11) is 0. The van der Waals surface area contributed by atoms with Crippen LogP contribution >= 0.6 is 45.7 Å². The molecule has 0 saturated heterocycles. The summed E-state index contributed by atoms with van der Waals surface area (Å²) in [6.07, 6.45) is 0. The summed E-state index contributed by atoms with van der Waals surface area (Å²) in [6.45, 7) is 0. The normalized spacial score (nSPS) is 10.5.